The molecule has 0 saturated carbocycles. The van der Waals surface area contributed by atoms with Gasteiger partial charge in [-0.1, -0.05) is 0 Å². The Morgan fingerprint density at radius 2 is 1.84 bits per heavy atom. The molecule has 10 nitrogen and oxygen atoms in total. The van der Waals surface area contributed by atoms with Gasteiger partial charge in [-0.2, -0.15) is 10.4 Å². The van der Waals surface area contributed by atoms with Gasteiger partial charge in [-0.05, 0) is 0 Å². The van der Waals surface area contributed by atoms with E-state index >= 15 is 0 Å². The number of nitriles is 1. The molecule has 0 aliphatic carbocycles. The molecule has 10 heteroatoms. The lowest BCUT2D eigenvalue weighted by molar-refractivity contribution is -0.166. The molecule has 0 spiro atoms. The van der Waals surface area contributed by atoms with Crippen LogP contribution < -0.4 is 0 Å². The molecular formula is C15H17N3O7. The van der Waals surface area contributed by atoms with E-state index in [1.807, 2.05) is 6.07 Å². The van der Waals surface area contributed by atoms with Crippen molar-refractivity contribution in [2.75, 3.05) is 6.61 Å². The topological polar surface area (TPSA) is 130 Å². The summed E-state index contributed by atoms with van der Waals surface area (Å²) < 4.78 is 22.4. The van der Waals surface area contributed by atoms with Gasteiger partial charge in [0.15, 0.2) is 18.4 Å². The number of carbonyl (C=O) groups is 3. The highest BCUT2D eigenvalue weighted by Crippen LogP contribution is 2.34. The summed E-state index contributed by atoms with van der Waals surface area (Å²) in [6, 6.07) is 1.92. The summed E-state index contributed by atoms with van der Waals surface area (Å²) in [5.74, 6) is -1.77. The van der Waals surface area contributed by atoms with Crippen LogP contribution in [0.25, 0.3) is 0 Å². The van der Waals surface area contributed by atoms with Gasteiger partial charge in [0.05, 0.1) is 11.8 Å². The number of nitrogens with zero attached hydrogens (tertiary/aromatic N) is 3. The maximum Gasteiger partial charge on any atom is 0.303 e. The second-order valence-electron chi connectivity index (χ2n) is 5.34. The van der Waals surface area contributed by atoms with E-state index in [-0.39, 0.29) is 12.2 Å². The lowest BCUT2D eigenvalue weighted by Crippen LogP contribution is -2.40. The highest BCUT2D eigenvalue weighted by atomic mass is 16.7. The van der Waals surface area contributed by atoms with Crippen LogP contribution in [0.5, 0.6) is 0 Å². The first-order valence-electron chi connectivity index (χ1n) is 7.39. The van der Waals surface area contributed by atoms with Crippen LogP contribution in [-0.2, 0) is 33.3 Å². The van der Waals surface area contributed by atoms with Crippen molar-refractivity contribution >= 4 is 17.9 Å². The summed E-state index contributed by atoms with van der Waals surface area (Å²) in [7, 11) is 0. The van der Waals surface area contributed by atoms with Gasteiger partial charge in [0.2, 0.25) is 0 Å². The third-order valence-electron chi connectivity index (χ3n) is 3.33. The summed E-state index contributed by atoms with van der Waals surface area (Å²) in [4.78, 5) is 33.9. The van der Waals surface area contributed by atoms with Crippen LogP contribution in [0.15, 0.2) is 12.4 Å². The number of ether oxygens (including phenoxy) is 4. The minimum absolute atomic E-state index is 0.200. The van der Waals surface area contributed by atoms with Gasteiger partial charge < -0.3 is 18.9 Å². The summed E-state index contributed by atoms with van der Waals surface area (Å²) in [5.41, 5.74) is 0.276. The highest BCUT2D eigenvalue weighted by Gasteiger charge is 2.50. The van der Waals surface area contributed by atoms with Crippen LogP contribution >= 0.6 is 0 Å². The second kappa shape index (κ2) is 7.76. The molecule has 1 aromatic heterocycles. The quantitative estimate of drug-likeness (QED) is 0.534. The first-order valence-corrected chi connectivity index (χ1v) is 7.39. The summed E-state index contributed by atoms with van der Waals surface area (Å²) >= 11 is 0. The fourth-order valence-corrected chi connectivity index (χ4v) is 2.44. The lowest BCUT2D eigenvalue weighted by atomic mass is 10.1. The first-order chi connectivity index (χ1) is 11.8. The third-order valence-corrected chi connectivity index (χ3v) is 3.33. The van der Waals surface area contributed by atoms with E-state index in [1.165, 1.54) is 37.8 Å². The molecule has 0 aromatic carbocycles. The van der Waals surface area contributed by atoms with Gasteiger partial charge in [0, 0.05) is 27.0 Å². The molecule has 0 amide bonds. The van der Waals surface area contributed by atoms with Gasteiger partial charge in [-0.3, -0.25) is 14.4 Å². The molecule has 134 valence electrons. The van der Waals surface area contributed by atoms with Crippen LogP contribution in [0.3, 0.4) is 0 Å². The Morgan fingerprint density at radius 1 is 1.20 bits per heavy atom. The predicted molar refractivity (Wildman–Crippen MR) is 78.6 cm³/mol. The number of hydrogen-bond donors (Lipinski definition) is 0. The largest absolute Gasteiger partial charge is 0.463 e. The Morgan fingerprint density at radius 3 is 2.36 bits per heavy atom. The lowest BCUT2D eigenvalue weighted by Gasteiger charge is -2.23. The number of esters is 3. The molecule has 1 aliphatic heterocycles. The van der Waals surface area contributed by atoms with Crippen LogP contribution in [-0.4, -0.2) is 52.6 Å². The zero-order chi connectivity index (χ0) is 18.6. The van der Waals surface area contributed by atoms with Gasteiger partial charge >= 0.3 is 17.9 Å². The van der Waals surface area contributed by atoms with E-state index in [1.54, 1.807) is 0 Å². The Kier molecular flexibility index (Phi) is 5.71. The molecule has 2 rings (SSSR count). The Labute approximate surface area is 143 Å². The van der Waals surface area contributed by atoms with E-state index in [2.05, 4.69) is 5.10 Å². The SMILES string of the molecule is CC(=O)OC[C@H]1O[C@@H](n2cc(C#N)cn2)[C@H](OC(C)=O)[C@@H]1OC(C)=O. The molecule has 1 aromatic rings. The number of carbonyl (C=O) groups excluding carboxylic acids is 3. The molecule has 2 heterocycles. The Balaban J connectivity index is 2.32. The molecule has 1 fully saturated rings. The molecule has 0 N–H and O–H groups in total. The van der Waals surface area contributed by atoms with Crippen LogP contribution in [0.2, 0.25) is 0 Å². The van der Waals surface area contributed by atoms with Crippen LogP contribution in [0.4, 0.5) is 0 Å². The maximum absolute atomic E-state index is 11.5. The van der Waals surface area contributed by atoms with E-state index < -0.39 is 42.4 Å². The standard InChI is InChI=1S/C15H17N3O7/c1-8(19)22-7-12-13(23-9(2)20)14(24-10(3)21)15(25-12)18-6-11(4-16)5-17-18/h5-6,12-15H,7H2,1-3H3/t12-,13-,14-,15-/m1/s1. The monoisotopic (exact) mass is 351 g/mol. The smallest absolute Gasteiger partial charge is 0.303 e. The molecule has 0 radical (unpaired) electrons. The molecule has 25 heavy (non-hydrogen) atoms. The fourth-order valence-electron chi connectivity index (χ4n) is 2.44. The average Bonchev–Trinajstić information content (AvgIpc) is 3.10. The van der Waals surface area contributed by atoms with Crippen molar-refractivity contribution in [1.29, 1.82) is 5.26 Å². The molecular weight excluding hydrogens is 334 g/mol. The van der Waals surface area contributed by atoms with Gasteiger partial charge in [0.1, 0.15) is 18.8 Å². The Hall–Kier alpha value is -2.93. The minimum Gasteiger partial charge on any atom is -0.463 e. The molecule has 1 saturated heterocycles. The maximum atomic E-state index is 11.5. The van der Waals surface area contributed by atoms with Crippen LogP contribution in [0, 0.1) is 11.3 Å². The number of rotatable bonds is 5. The average molecular weight is 351 g/mol. The number of aromatic nitrogens is 2. The van der Waals surface area contributed by atoms with Crippen LogP contribution in [0.1, 0.15) is 32.6 Å². The van der Waals surface area contributed by atoms with Crippen molar-refractivity contribution in [3.05, 3.63) is 18.0 Å². The Bertz CT molecular complexity index is 708. The van der Waals surface area contributed by atoms with E-state index in [0.29, 0.717) is 0 Å². The zero-order valence-electron chi connectivity index (χ0n) is 13.9. The number of hydrogen-bond acceptors (Lipinski definition) is 9. The van der Waals surface area contributed by atoms with E-state index in [9.17, 15) is 14.4 Å². The van der Waals surface area contributed by atoms with Crippen molar-refractivity contribution in [3.8, 4) is 6.07 Å². The summed E-state index contributed by atoms with van der Waals surface area (Å²) in [6.07, 6.45) is -1.11. The molecule has 0 bridgehead atoms. The minimum atomic E-state index is -1.02. The van der Waals surface area contributed by atoms with Crippen molar-refractivity contribution in [2.45, 2.75) is 45.3 Å². The summed E-state index contributed by atoms with van der Waals surface area (Å²) in [6.45, 7) is 3.42. The first kappa shape index (κ1) is 18.4. The van der Waals surface area contributed by atoms with Crippen molar-refractivity contribution in [3.63, 3.8) is 0 Å². The van der Waals surface area contributed by atoms with Gasteiger partial charge in [0.25, 0.3) is 0 Å². The normalized spacial score (nSPS) is 25.0. The second-order valence-corrected chi connectivity index (χ2v) is 5.34. The predicted octanol–water partition coefficient (Wildman–Crippen LogP) is 0.0787. The van der Waals surface area contributed by atoms with Crippen molar-refractivity contribution in [2.24, 2.45) is 0 Å². The summed E-state index contributed by atoms with van der Waals surface area (Å²) in [5, 5.41) is 12.9. The molecule has 4 atom stereocenters. The molecule has 0 unspecified atom stereocenters. The van der Waals surface area contributed by atoms with Gasteiger partial charge in [-0.25, -0.2) is 4.68 Å². The van der Waals surface area contributed by atoms with Crippen molar-refractivity contribution < 1.29 is 33.3 Å². The van der Waals surface area contributed by atoms with Gasteiger partial charge in [-0.15, -0.1) is 0 Å². The third kappa shape index (κ3) is 4.54. The fraction of sp³-hybridized carbons (Fsp3) is 0.533. The zero-order valence-corrected chi connectivity index (χ0v) is 13.9. The highest BCUT2D eigenvalue weighted by molar-refractivity contribution is 5.67. The van der Waals surface area contributed by atoms with E-state index in [0.717, 1.165) is 0 Å². The molecule has 1 aliphatic rings. The van der Waals surface area contributed by atoms with E-state index in [4.69, 9.17) is 24.2 Å². The van der Waals surface area contributed by atoms with Crippen molar-refractivity contribution in [1.82, 2.24) is 9.78 Å².